The molecule has 42 heavy (non-hydrogen) atoms. The molecule has 0 atom stereocenters. The topological polar surface area (TPSA) is 97.8 Å². The van der Waals surface area contributed by atoms with Gasteiger partial charge in [-0.2, -0.15) is 5.26 Å². The van der Waals surface area contributed by atoms with Crippen LogP contribution >= 0.6 is 0 Å². The van der Waals surface area contributed by atoms with Crippen LogP contribution in [0.15, 0.2) is 59.1 Å². The van der Waals surface area contributed by atoms with Crippen molar-refractivity contribution in [1.29, 1.82) is 5.26 Å². The third-order valence-electron chi connectivity index (χ3n) is 8.44. The van der Waals surface area contributed by atoms with Gasteiger partial charge in [-0.15, -0.1) is 0 Å². The molecule has 6 rings (SSSR count). The van der Waals surface area contributed by atoms with Crippen LogP contribution in [0.3, 0.4) is 0 Å². The Morgan fingerprint density at radius 1 is 0.976 bits per heavy atom. The maximum absolute atomic E-state index is 13.3. The number of carbonyl (C=O) groups excluding carboxylic acids is 1. The van der Waals surface area contributed by atoms with E-state index in [0.717, 1.165) is 42.4 Å². The molecule has 1 amide bonds. The first kappa shape index (κ1) is 27.8. The summed E-state index contributed by atoms with van der Waals surface area (Å²) in [6.07, 6.45) is 9.06. The van der Waals surface area contributed by atoms with E-state index < -0.39 is 0 Å². The smallest absolute Gasteiger partial charge is 0.253 e. The van der Waals surface area contributed by atoms with Crippen LogP contribution < -0.4 is 9.47 Å². The van der Waals surface area contributed by atoms with Crippen molar-refractivity contribution in [3.8, 4) is 40.0 Å². The van der Waals surface area contributed by atoms with Crippen molar-refractivity contribution < 1.29 is 23.4 Å². The van der Waals surface area contributed by atoms with Crippen molar-refractivity contribution in [2.75, 3.05) is 27.4 Å². The summed E-state index contributed by atoms with van der Waals surface area (Å²) in [6.45, 7) is 1.34. The number of rotatable bonds is 7. The fourth-order valence-corrected chi connectivity index (χ4v) is 6.02. The van der Waals surface area contributed by atoms with Gasteiger partial charge < -0.3 is 23.5 Å². The molecule has 1 aliphatic carbocycles. The molecule has 1 saturated carbocycles. The minimum Gasteiger partial charge on any atom is -0.496 e. The number of methoxy groups -OCH3 is 1. The van der Waals surface area contributed by atoms with Crippen LogP contribution in [0.4, 0.5) is 0 Å². The molecule has 0 unspecified atom stereocenters. The molecule has 4 aromatic rings. The van der Waals surface area contributed by atoms with Gasteiger partial charge in [-0.05, 0) is 54.8 Å². The van der Waals surface area contributed by atoms with Crippen LogP contribution in [0, 0.1) is 11.3 Å². The van der Waals surface area contributed by atoms with Gasteiger partial charge in [-0.25, -0.2) is 0 Å². The van der Waals surface area contributed by atoms with E-state index in [1.165, 1.54) is 19.3 Å². The molecule has 1 aliphatic heterocycles. The second kappa shape index (κ2) is 12.3. The lowest BCUT2D eigenvalue weighted by Gasteiger charge is -2.31. The van der Waals surface area contributed by atoms with Gasteiger partial charge in [-0.1, -0.05) is 25.3 Å². The second-order valence-electron chi connectivity index (χ2n) is 11.1. The Hall–Kier alpha value is -4.35. The van der Waals surface area contributed by atoms with Gasteiger partial charge in [-0.3, -0.25) is 9.78 Å². The standard InChI is InChI=1S/C34H35N3O5/c1-37(25-6-4-3-5-7-25)34(38)23-8-10-28(31(19-23)39-2)32-20-29-33(42-32)27(12-15-36-29)22-9-11-30(24(18-22)21-35)41-26-13-16-40-17-14-26/h8-12,15,18-20,25-26H,3-7,13-14,16-17H2,1-2H3. The molecule has 2 fully saturated rings. The number of ether oxygens (including phenoxy) is 3. The molecule has 0 spiro atoms. The lowest BCUT2D eigenvalue weighted by Crippen LogP contribution is -2.38. The number of hydrogen-bond acceptors (Lipinski definition) is 7. The summed E-state index contributed by atoms with van der Waals surface area (Å²) in [5.41, 5.74) is 4.73. The molecule has 0 N–H and O–H groups in total. The minimum absolute atomic E-state index is 0.00199. The monoisotopic (exact) mass is 565 g/mol. The van der Waals surface area contributed by atoms with Gasteiger partial charge in [0.1, 0.15) is 34.9 Å². The molecule has 2 aliphatic rings. The summed E-state index contributed by atoms with van der Waals surface area (Å²) in [6, 6.07) is 17.4. The highest BCUT2D eigenvalue weighted by molar-refractivity contribution is 5.96. The van der Waals surface area contributed by atoms with Crippen LogP contribution in [0.2, 0.25) is 0 Å². The number of pyridine rings is 1. The predicted octanol–water partition coefficient (Wildman–Crippen LogP) is 7.00. The predicted molar refractivity (Wildman–Crippen MR) is 160 cm³/mol. The lowest BCUT2D eigenvalue weighted by molar-refractivity contribution is 0.0254. The Morgan fingerprint density at radius 2 is 1.79 bits per heavy atom. The van der Waals surface area contributed by atoms with E-state index in [1.54, 1.807) is 19.4 Å². The highest BCUT2D eigenvalue weighted by Gasteiger charge is 2.25. The molecular formula is C34H35N3O5. The molecule has 2 aromatic carbocycles. The normalized spacial score (nSPS) is 16.2. The first-order chi connectivity index (χ1) is 20.6. The molecule has 3 heterocycles. The molecule has 8 heteroatoms. The molecule has 0 radical (unpaired) electrons. The van der Waals surface area contributed by atoms with E-state index in [-0.39, 0.29) is 18.1 Å². The second-order valence-corrected chi connectivity index (χ2v) is 11.1. The molecule has 0 bridgehead atoms. The number of furan rings is 1. The van der Waals surface area contributed by atoms with Crippen LogP contribution in [0.25, 0.3) is 33.6 Å². The first-order valence-electron chi connectivity index (χ1n) is 14.7. The van der Waals surface area contributed by atoms with E-state index in [2.05, 4.69) is 11.1 Å². The Bertz CT molecular complexity index is 1630. The van der Waals surface area contributed by atoms with Gasteiger partial charge in [0.15, 0.2) is 5.58 Å². The Labute approximate surface area is 245 Å². The number of amides is 1. The highest BCUT2D eigenvalue weighted by atomic mass is 16.5. The van der Waals surface area contributed by atoms with E-state index >= 15 is 0 Å². The van der Waals surface area contributed by atoms with Crippen molar-refractivity contribution in [2.45, 2.75) is 57.1 Å². The summed E-state index contributed by atoms with van der Waals surface area (Å²) in [7, 11) is 3.49. The maximum atomic E-state index is 13.3. The quantitative estimate of drug-likeness (QED) is 0.238. The summed E-state index contributed by atoms with van der Waals surface area (Å²) in [4.78, 5) is 19.7. The maximum Gasteiger partial charge on any atom is 0.253 e. The Kier molecular flexibility index (Phi) is 8.11. The van der Waals surface area contributed by atoms with Crippen LogP contribution in [0.1, 0.15) is 60.9 Å². The fraction of sp³-hybridized carbons (Fsp3) is 0.382. The molecule has 216 valence electrons. The van der Waals surface area contributed by atoms with Gasteiger partial charge in [0.25, 0.3) is 5.91 Å². The molecule has 2 aromatic heterocycles. The number of hydrogen-bond donors (Lipinski definition) is 0. The zero-order valence-corrected chi connectivity index (χ0v) is 24.1. The molecule has 8 nitrogen and oxygen atoms in total. The van der Waals surface area contributed by atoms with Gasteiger partial charge in [0.2, 0.25) is 0 Å². The van der Waals surface area contributed by atoms with Crippen molar-refractivity contribution in [1.82, 2.24) is 9.88 Å². The summed E-state index contributed by atoms with van der Waals surface area (Å²) in [5.74, 6) is 1.71. The van der Waals surface area contributed by atoms with E-state index in [9.17, 15) is 10.1 Å². The third kappa shape index (κ3) is 5.57. The number of nitrogens with zero attached hydrogens (tertiary/aromatic N) is 3. The van der Waals surface area contributed by atoms with Crippen molar-refractivity contribution in [2.24, 2.45) is 0 Å². The van der Waals surface area contributed by atoms with Crippen molar-refractivity contribution in [3.05, 3.63) is 65.9 Å². The zero-order chi connectivity index (χ0) is 29.1. The Balaban J connectivity index is 1.29. The van der Waals surface area contributed by atoms with Gasteiger partial charge >= 0.3 is 0 Å². The van der Waals surface area contributed by atoms with Gasteiger partial charge in [0, 0.05) is 49.3 Å². The van der Waals surface area contributed by atoms with E-state index in [0.29, 0.717) is 52.7 Å². The highest BCUT2D eigenvalue weighted by Crippen LogP contribution is 2.39. The van der Waals surface area contributed by atoms with E-state index in [1.807, 2.05) is 54.4 Å². The number of benzene rings is 2. The number of carbonyl (C=O) groups is 1. The summed E-state index contributed by atoms with van der Waals surface area (Å²) < 4.78 is 23.7. The minimum atomic E-state index is -0.00199. The molecule has 1 saturated heterocycles. The summed E-state index contributed by atoms with van der Waals surface area (Å²) >= 11 is 0. The number of nitriles is 1. The fourth-order valence-electron chi connectivity index (χ4n) is 6.02. The average Bonchev–Trinajstić information content (AvgIpc) is 3.49. The summed E-state index contributed by atoms with van der Waals surface area (Å²) in [5, 5.41) is 9.88. The van der Waals surface area contributed by atoms with Crippen LogP contribution in [-0.2, 0) is 4.74 Å². The SMILES string of the molecule is COc1cc(C(=O)N(C)C2CCCCC2)ccc1-c1cc2nccc(-c3ccc(OC4CCOCC4)c(C#N)c3)c2o1. The first-order valence-corrected chi connectivity index (χ1v) is 14.7. The largest absolute Gasteiger partial charge is 0.496 e. The number of aromatic nitrogens is 1. The average molecular weight is 566 g/mol. The van der Waals surface area contributed by atoms with Crippen molar-refractivity contribution >= 4 is 17.0 Å². The molecular weight excluding hydrogens is 530 g/mol. The van der Waals surface area contributed by atoms with Gasteiger partial charge in [0.05, 0.1) is 31.5 Å². The third-order valence-corrected chi connectivity index (χ3v) is 8.44. The Morgan fingerprint density at radius 3 is 2.55 bits per heavy atom. The number of fused-ring (bicyclic) bond motifs is 1. The lowest BCUT2D eigenvalue weighted by atomic mass is 9.94. The van der Waals surface area contributed by atoms with Crippen LogP contribution in [-0.4, -0.2) is 55.3 Å². The van der Waals surface area contributed by atoms with Crippen molar-refractivity contribution in [3.63, 3.8) is 0 Å². The van der Waals surface area contributed by atoms with E-state index in [4.69, 9.17) is 18.6 Å². The van der Waals surface area contributed by atoms with Crippen LogP contribution in [0.5, 0.6) is 11.5 Å². The zero-order valence-electron chi connectivity index (χ0n) is 24.1.